The van der Waals surface area contributed by atoms with Gasteiger partial charge in [-0.25, -0.2) is 9.97 Å². The number of carbonyl (C=O) groups is 2. The lowest BCUT2D eigenvalue weighted by Gasteiger charge is -2.14. The minimum atomic E-state index is -0.653. The summed E-state index contributed by atoms with van der Waals surface area (Å²) in [6.45, 7) is 2.41. The molecule has 0 spiro atoms. The van der Waals surface area contributed by atoms with Crippen molar-refractivity contribution in [2.24, 2.45) is 5.73 Å². The number of hydrogen-bond acceptors (Lipinski definition) is 6. The Morgan fingerprint density at radius 1 is 1.12 bits per heavy atom. The van der Waals surface area contributed by atoms with Crippen molar-refractivity contribution >= 4 is 11.8 Å². The van der Waals surface area contributed by atoms with Crippen LogP contribution in [0.25, 0.3) is 22.6 Å². The van der Waals surface area contributed by atoms with Crippen LogP contribution in [-0.4, -0.2) is 57.0 Å². The maximum absolute atomic E-state index is 12.1. The molecule has 2 heterocycles. The number of aromatic nitrogens is 3. The van der Waals surface area contributed by atoms with E-state index in [0.717, 1.165) is 11.3 Å². The maximum atomic E-state index is 12.1. The summed E-state index contributed by atoms with van der Waals surface area (Å²) in [5.74, 6) is 5.44. The van der Waals surface area contributed by atoms with Gasteiger partial charge in [-0.05, 0) is 43.7 Å². The Bertz CT molecular complexity index is 1210. The third kappa shape index (κ3) is 6.45. The predicted octanol–water partition coefficient (Wildman–Crippen LogP) is 2.20. The molecule has 168 valence electrons. The average molecular weight is 444 g/mol. The lowest BCUT2D eigenvalue weighted by Crippen LogP contribution is -2.27. The largest absolute Gasteiger partial charge is 0.396 e. The highest BCUT2D eigenvalue weighted by Crippen LogP contribution is 2.23. The van der Waals surface area contributed by atoms with Crippen LogP contribution in [0.4, 0.5) is 0 Å². The zero-order valence-electron chi connectivity index (χ0n) is 18.6. The Balaban J connectivity index is 1.87. The molecule has 0 aliphatic heterocycles. The Morgan fingerprint density at radius 3 is 2.64 bits per heavy atom. The summed E-state index contributed by atoms with van der Waals surface area (Å²) >= 11 is 0. The number of pyridine rings is 1. The van der Waals surface area contributed by atoms with E-state index < -0.39 is 5.91 Å². The number of aryl methyl sites for hydroxylation is 1. The highest BCUT2D eigenvalue weighted by Gasteiger charge is 2.13. The number of hydrogen-bond donors (Lipinski definition) is 2. The number of rotatable bonds is 7. The Hall–Kier alpha value is -4.09. The normalized spacial score (nSPS) is 10.3. The Labute approximate surface area is 192 Å². The van der Waals surface area contributed by atoms with E-state index in [-0.39, 0.29) is 24.6 Å². The van der Waals surface area contributed by atoms with Crippen molar-refractivity contribution in [3.05, 3.63) is 65.6 Å². The zero-order valence-corrected chi connectivity index (χ0v) is 18.6. The van der Waals surface area contributed by atoms with E-state index in [1.54, 1.807) is 30.3 Å². The van der Waals surface area contributed by atoms with E-state index in [9.17, 15) is 9.59 Å². The molecule has 0 saturated heterocycles. The molecule has 33 heavy (non-hydrogen) atoms. The number of primary amides is 1. The Kier molecular flexibility index (Phi) is 7.84. The quantitative estimate of drug-likeness (QED) is 0.540. The first-order valence-electron chi connectivity index (χ1n) is 10.4. The van der Waals surface area contributed by atoms with E-state index in [1.165, 1.54) is 0 Å². The predicted molar refractivity (Wildman–Crippen MR) is 125 cm³/mol. The minimum absolute atomic E-state index is 0.0389. The molecule has 1 aromatic carbocycles. The van der Waals surface area contributed by atoms with Crippen LogP contribution >= 0.6 is 0 Å². The highest BCUT2D eigenvalue weighted by atomic mass is 16.3. The first-order valence-corrected chi connectivity index (χ1v) is 10.4. The van der Waals surface area contributed by atoms with Crippen LogP contribution in [0.2, 0.25) is 0 Å². The number of aliphatic hydroxyl groups is 1. The van der Waals surface area contributed by atoms with Crippen LogP contribution in [0.1, 0.15) is 34.6 Å². The summed E-state index contributed by atoms with van der Waals surface area (Å²) < 4.78 is 0. The van der Waals surface area contributed by atoms with E-state index >= 15 is 0 Å². The molecular formula is C25H25N5O3. The number of nitrogens with zero attached hydrogens (tertiary/aromatic N) is 4. The summed E-state index contributed by atoms with van der Waals surface area (Å²) in [7, 11) is 1.69. The Morgan fingerprint density at radius 2 is 1.94 bits per heavy atom. The molecule has 0 bridgehead atoms. The molecule has 8 heteroatoms. The number of aliphatic hydroxyl groups excluding tert-OH is 1. The summed E-state index contributed by atoms with van der Waals surface area (Å²) in [4.78, 5) is 38.7. The number of benzene rings is 1. The fourth-order valence-electron chi connectivity index (χ4n) is 3.00. The number of nitrogens with two attached hydrogens (primary N) is 1. The smallest absolute Gasteiger partial charge is 0.267 e. The summed E-state index contributed by atoms with van der Waals surface area (Å²) in [5, 5.41) is 8.88. The monoisotopic (exact) mass is 443 g/mol. The molecule has 0 aliphatic carbocycles. The van der Waals surface area contributed by atoms with Crippen molar-refractivity contribution in [3.8, 4) is 34.5 Å². The molecule has 0 fully saturated rings. The molecule has 0 unspecified atom stereocenters. The third-order valence-electron chi connectivity index (χ3n) is 4.86. The second-order valence-electron chi connectivity index (χ2n) is 7.47. The van der Waals surface area contributed by atoms with Gasteiger partial charge in [0.1, 0.15) is 5.69 Å². The van der Waals surface area contributed by atoms with Gasteiger partial charge in [0.25, 0.3) is 5.91 Å². The molecular weight excluding hydrogens is 418 g/mol. The van der Waals surface area contributed by atoms with Crippen LogP contribution in [0.5, 0.6) is 0 Å². The third-order valence-corrected chi connectivity index (χ3v) is 4.86. The maximum Gasteiger partial charge on any atom is 0.267 e. The van der Waals surface area contributed by atoms with Crippen molar-refractivity contribution in [1.82, 2.24) is 19.9 Å². The van der Waals surface area contributed by atoms with Gasteiger partial charge < -0.3 is 15.7 Å². The fraction of sp³-hybridized carbons (Fsp3) is 0.240. The first-order chi connectivity index (χ1) is 15.9. The van der Waals surface area contributed by atoms with Gasteiger partial charge in [-0.3, -0.25) is 14.6 Å². The molecule has 3 rings (SSSR count). The van der Waals surface area contributed by atoms with Gasteiger partial charge in [-0.1, -0.05) is 24.0 Å². The average Bonchev–Trinajstić information content (AvgIpc) is 2.82. The van der Waals surface area contributed by atoms with Crippen molar-refractivity contribution in [3.63, 3.8) is 0 Å². The van der Waals surface area contributed by atoms with Crippen molar-refractivity contribution < 1.29 is 14.7 Å². The lowest BCUT2D eigenvalue weighted by molar-refractivity contribution is -0.128. The van der Waals surface area contributed by atoms with Crippen LogP contribution in [-0.2, 0) is 4.79 Å². The van der Waals surface area contributed by atoms with Crippen molar-refractivity contribution in [2.75, 3.05) is 20.2 Å². The second-order valence-corrected chi connectivity index (χ2v) is 7.47. The second kappa shape index (κ2) is 11.0. The highest BCUT2D eigenvalue weighted by molar-refractivity contribution is 5.92. The standard InChI is InChI=1S/C25H25N5O3/c1-17-10-11-20(16-27-17)21-15-22(24(26)33)29-25(28-21)19-8-3-6-18(14-19)7-4-9-23(32)30(2)12-5-13-31/h3,6,8,10-11,14-16,31H,5,9,12-13H2,1-2H3,(H2,26,33). The van der Waals surface area contributed by atoms with Crippen LogP contribution in [0, 0.1) is 18.8 Å². The molecule has 0 radical (unpaired) electrons. The van der Waals surface area contributed by atoms with Crippen molar-refractivity contribution in [2.45, 2.75) is 19.8 Å². The van der Waals surface area contributed by atoms with Gasteiger partial charge >= 0.3 is 0 Å². The van der Waals surface area contributed by atoms with Gasteiger partial charge in [-0.15, -0.1) is 0 Å². The molecule has 2 aromatic heterocycles. The number of carbonyl (C=O) groups excluding carboxylic acids is 2. The van der Waals surface area contributed by atoms with E-state index in [0.29, 0.717) is 35.6 Å². The molecule has 0 aliphatic rings. The van der Waals surface area contributed by atoms with Gasteiger partial charge in [0.15, 0.2) is 5.82 Å². The molecule has 0 saturated carbocycles. The summed E-state index contributed by atoms with van der Waals surface area (Å²) in [6, 6.07) is 12.5. The van der Waals surface area contributed by atoms with Gasteiger partial charge in [-0.2, -0.15) is 0 Å². The van der Waals surface area contributed by atoms with E-state index in [4.69, 9.17) is 10.8 Å². The van der Waals surface area contributed by atoms with E-state index in [2.05, 4.69) is 26.8 Å². The molecule has 8 nitrogen and oxygen atoms in total. The summed E-state index contributed by atoms with van der Waals surface area (Å²) in [5.41, 5.74) is 9.09. The van der Waals surface area contributed by atoms with Gasteiger partial charge in [0.2, 0.25) is 5.91 Å². The van der Waals surface area contributed by atoms with Crippen LogP contribution in [0.15, 0.2) is 48.7 Å². The molecule has 0 atom stereocenters. The SMILES string of the molecule is Cc1ccc(-c2cc(C(N)=O)nc(-c3cccc(C#CCC(=O)N(C)CCCO)c3)n2)cn1. The van der Waals surface area contributed by atoms with Crippen LogP contribution in [0.3, 0.4) is 0 Å². The molecule has 2 amide bonds. The van der Waals surface area contributed by atoms with Crippen LogP contribution < -0.4 is 5.73 Å². The fourth-order valence-corrected chi connectivity index (χ4v) is 3.00. The van der Waals surface area contributed by atoms with Gasteiger partial charge in [0.05, 0.1) is 12.1 Å². The van der Waals surface area contributed by atoms with Gasteiger partial charge in [0, 0.05) is 48.8 Å². The lowest BCUT2D eigenvalue weighted by atomic mass is 10.1. The molecule has 3 aromatic rings. The minimum Gasteiger partial charge on any atom is -0.396 e. The van der Waals surface area contributed by atoms with Crippen molar-refractivity contribution in [1.29, 1.82) is 0 Å². The zero-order chi connectivity index (χ0) is 23.8. The summed E-state index contributed by atoms with van der Waals surface area (Å²) in [6.07, 6.45) is 2.29. The number of amides is 2. The topological polar surface area (TPSA) is 122 Å². The first kappa shape index (κ1) is 23.6. The molecule has 3 N–H and O–H groups in total. The van der Waals surface area contributed by atoms with E-state index in [1.807, 2.05) is 37.3 Å².